The molecule has 0 radical (unpaired) electrons. The summed E-state index contributed by atoms with van der Waals surface area (Å²) in [5.74, 6) is 0.850. The number of hydrogen-bond acceptors (Lipinski definition) is 4. The molecule has 20 heavy (non-hydrogen) atoms. The van der Waals surface area contributed by atoms with Crippen LogP contribution in [0.25, 0.3) is 0 Å². The Kier molecular flexibility index (Phi) is 6.91. The lowest BCUT2D eigenvalue weighted by atomic mass is 10.1. The summed E-state index contributed by atoms with van der Waals surface area (Å²) in [7, 11) is -3.54. The third kappa shape index (κ3) is 5.38. The average Bonchev–Trinajstić information content (AvgIpc) is 2.36. The highest BCUT2D eigenvalue weighted by molar-refractivity contribution is 9.10. The number of hydrogen-bond donors (Lipinski definition) is 2. The van der Waals surface area contributed by atoms with Crippen LogP contribution >= 0.6 is 15.9 Å². The maximum absolute atomic E-state index is 12.3. The van der Waals surface area contributed by atoms with Gasteiger partial charge in [0.15, 0.2) is 0 Å². The lowest BCUT2D eigenvalue weighted by Crippen LogP contribution is -2.27. The predicted molar refractivity (Wildman–Crippen MR) is 85.4 cm³/mol. The summed E-state index contributed by atoms with van der Waals surface area (Å²) >= 11 is 3.27. The van der Waals surface area contributed by atoms with Gasteiger partial charge in [0.05, 0.1) is 0 Å². The van der Waals surface area contributed by atoms with Gasteiger partial charge in [0.2, 0.25) is 10.0 Å². The van der Waals surface area contributed by atoms with Crippen molar-refractivity contribution in [1.29, 1.82) is 0 Å². The van der Waals surface area contributed by atoms with Crippen LogP contribution in [0.2, 0.25) is 0 Å². The van der Waals surface area contributed by atoms with E-state index in [0.29, 0.717) is 29.3 Å². The van der Waals surface area contributed by atoms with Crippen molar-refractivity contribution < 1.29 is 8.42 Å². The van der Waals surface area contributed by atoms with Gasteiger partial charge >= 0.3 is 0 Å². The summed E-state index contributed by atoms with van der Waals surface area (Å²) in [5.41, 5.74) is 0. The molecule has 5 nitrogen and oxygen atoms in total. The summed E-state index contributed by atoms with van der Waals surface area (Å²) in [6.45, 7) is 7.25. The summed E-state index contributed by atoms with van der Waals surface area (Å²) in [6, 6.07) is 1.57. The van der Waals surface area contributed by atoms with Crippen LogP contribution in [0, 0.1) is 5.92 Å². The van der Waals surface area contributed by atoms with Crippen LogP contribution in [-0.2, 0) is 10.0 Å². The second-order valence-electron chi connectivity index (χ2n) is 5.01. The first kappa shape index (κ1) is 17.4. The topological polar surface area (TPSA) is 71.1 Å². The first-order chi connectivity index (χ1) is 9.36. The number of rotatable bonds is 8. The zero-order valence-corrected chi connectivity index (χ0v) is 14.5. The van der Waals surface area contributed by atoms with Gasteiger partial charge in [0.25, 0.3) is 0 Å². The molecule has 1 aromatic heterocycles. The Hall–Kier alpha value is -0.660. The third-order valence-electron chi connectivity index (χ3n) is 2.67. The number of halogens is 1. The third-order valence-corrected chi connectivity index (χ3v) is 4.57. The van der Waals surface area contributed by atoms with Crippen LogP contribution in [0.3, 0.4) is 0 Å². The minimum Gasteiger partial charge on any atom is -0.369 e. The van der Waals surface area contributed by atoms with Crippen molar-refractivity contribution in [2.45, 2.75) is 38.5 Å². The van der Waals surface area contributed by atoms with Crippen molar-refractivity contribution in [2.75, 3.05) is 18.4 Å². The van der Waals surface area contributed by atoms with Gasteiger partial charge in [-0.15, -0.1) is 0 Å². The average molecular weight is 364 g/mol. The molecule has 2 N–H and O–H groups in total. The minimum absolute atomic E-state index is 0.184. The van der Waals surface area contributed by atoms with Gasteiger partial charge in [-0.2, -0.15) is 0 Å². The predicted octanol–water partition coefficient (Wildman–Crippen LogP) is 2.99. The molecule has 0 aliphatic rings. The number of aromatic nitrogens is 1. The number of anilines is 1. The monoisotopic (exact) mass is 363 g/mol. The van der Waals surface area contributed by atoms with Crippen molar-refractivity contribution in [2.24, 2.45) is 5.92 Å². The molecule has 0 aliphatic carbocycles. The lowest BCUT2D eigenvalue weighted by Gasteiger charge is -2.13. The van der Waals surface area contributed by atoms with E-state index in [1.807, 2.05) is 6.92 Å². The SMILES string of the molecule is CCCNc1ncc(Br)cc1S(=O)(=O)NCCC(C)C. The molecule has 1 rings (SSSR count). The fraction of sp³-hybridized carbons (Fsp3) is 0.615. The molecule has 0 aliphatic heterocycles. The summed E-state index contributed by atoms with van der Waals surface area (Å²) in [4.78, 5) is 4.33. The first-order valence-electron chi connectivity index (χ1n) is 6.76. The van der Waals surface area contributed by atoms with Crippen LogP contribution in [-0.4, -0.2) is 26.5 Å². The number of pyridine rings is 1. The normalized spacial score (nSPS) is 11.8. The quantitative estimate of drug-likeness (QED) is 0.744. The van der Waals surface area contributed by atoms with Gasteiger partial charge in [-0.25, -0.2) is 18.1 Å². The van der Waals surface area contributed by atoms with E-state index in [0.717, 1.165) is 12.8 Å². The van der Waals surface area contributed by atoms with Crippen LogP contribution in [0.15, 0.2) is 21.6 Å². The van der Waals surface area contributed by atoms with Crippen LogP contribution in [0.4, 0.5) is 5.82 Å². The van der Waals surface area contributed by atoms with Crippen molar-refractivity contribution in [3.63, 3.8) is 0 Å². The maximum atomic E-state index is 12.3. The highest BCUT2D eigenvalue weighted by Crippen LogP contribution is 2.22. The molecule has 0 amide bonds. The highest BCUT2D eigenvalue weighted by Gasteiger charge is 2.19. The van der Waals surface area contributed by atoms with Crippen molar-refractivity contribution in [3.05, 3.63) is 16.7 Å². The fourth-order valence-corrected chi connectivity index (χ4v) is 3.25. The maximum Gasteiger partial charge on any atom is 0.244 e. The molecular weight excluding hydrogens is 342 g/mol. The molecule has 7 heteroatoms. The van der Waals surface area contributed by atoms with Gasteiger partial charge in [0, 0.05) is 23.8 Å². The van der Waals surface area contributed by atoms with Crippen LogP contribution in [0.5, 0.6) is 0 Å². The Balaban J connectivity index is 2.94. The zero-order chi connectivity index (χ0) is 15.2. The Morgan fingerprint density at radius 1 is 1.35 bits per heavy atom. The van der Waals surface area contributed by atoms with Gasteiger partial charge in [-0.05, 0) is 40.8 Å². The molecule has 0 aromatic carbocycles. The largest absolute Gasteiger partial charge is 0.369 e. The Bertz CT molecular complexity index is 532. The van der Waals surface area contributed by atoms with Gasteiger partial charge in [-0.3, -0.25) is 0 Å². The van der Waals surface area contributed by atoms with E-state index in [4.69, 9.17) is 0 Å². The summed E-state index contributed by atoms with van der Waals surface area (Å²) in [5, 5.41) is 3.04. The van der Waals surface area contributed by atoms with E-state index in [1.54, 1.807) is 12.3 Å². The molecule has 0 saturated carbocycles. The van der Waals surface area contributed by atoms with E-state index in [-0.39, 0.29) is 4.90 Å². The number of nitrogens with one attached hydrogen (secondary N) is 2. The Morgan fingerprint density at radius 3 is 2.65 bits per heavy atom. The van der Waals surface area contributed by atoms with Gasteiger partial charge in [-0.1, -0.05) is 20.8 Å². The molecule has 0 atom stereocenters. The summed E-state index contributed by atoms with van der Waals surface area (Å²) in [6.07, 6.45) is 3.29. The fourth-order valence-electron chi connectivity index (χ4n) is 1.56. The molecule has 1 heterocycles. The second kappa shape index (κ2) is 7.95. The smallest absolute Gasteiger partial charge is 0.244 e. The number of nitrogens with zero attached hydrogens (tertiary/aromatic N) is 1. The van der Waals surface area contributed by atoms with Crippen molar-refractivity contribution >= 4 is 31.8 Å². The molecule has 0 bridgehead atoms. The standard InChI is InChI=1S/C13H22BrN3O2S/c1-4-6-15-13-12(8-11(14)9-16-13)20(18,19)17-7-5-10(2)3/h8-10,17H,4-7H2,1-3H3,(H,15,16). The molecule has 0 saturated heterocycles. The van der Waals surface area contributed by atoms with E-state index in [2.05, 4.69) is 44.8 Å². The van der Waals surface area contributed by atoms with E-state index in [1.165, 1.54) is 0 Å². The molecular formula is C13H22BrN3O2S. The molecule has 0 unspecified atom stereocenters. The van der Waals surface area contributed by atoms with Gasteiger partial charge in [0.1, 0.15) is 10.7 Å². The van der Waals surface area contributed by atoms with Crippen LogP contribution < -0.4 is 10.0 Å². The first-order valence-corrected chi connectivity index (χ1v) is 9.03. The highest BCUT2D eigenvalue weighted by atomic mass is 79.9. The molecule has 114 valence electrons. The van der Waals surface area contributed by atoms with Crippen LogP contribution in [0.1, 0.15) is 33.6 Å². The zero-order valence-electron chi connectivity index (χ0n) is 12.1. The molecule has 0 fully saturated rings. The molecule has 1 aromatic rings. The van der Waals surface area contributed by atoms with Crippen molar-refractivity contribution in [3.8, 4) is 0 Å². The second-order valence-corrected chi connectivity index (χ2v) is 7.66. The Labute approximate surface area is 129 Å². The summed E-state index contributed by atoms with van der Waals surface area (Å²) < 4.78 is 27.9. The Morgan fingerprint density at radius 2 is 2.05 bits per heavy atom. The van der Waals surface area contributed by atoms with Crippen molar-refractivity contribution in [1.82, 2.24) is 9.71 Å². The lowest BCUT2D eigenvalue weighted by molar-refractivity contribution is 0.551. The molecule has 0 spiro atoms. The number of sulfonamides is 1. The van der Waals surface area contributed by atoms with Gasteiger partial charge < -0.3 is 5.32 Å². The van der Waals surface area contributed by atoms with E-state index >= 15 is 0 Å². The van der Waals surface area contributed by atoms with E-state index in [9.17, 15) is 8.42 Å². The van der Waals surface area contributed by atoms with E-state index < -0.39 is 10.0 Å². The minimum atomic E-state index is -3.54.